The molecule has 0 saturated carbocycles. The minimum Gasteiger partial charge on any atom is -0.465 e. The Labute approximate surface area is 170 Å². The number of quaternary nitrogens is 1. The van der Waals surface area contributed by atoms with Crippen molar-refractivity contribution < 1.29 is 24.0 Å². The molecule has 2 N–H and O–H groups in total. The van der Waals surface area contributed by atoms with E-state index in [2.05, 4.69) is 4.98 Å². The predicted molar refractivity (Wildman–Crippen MR) is 108 cm³/mol. The number of esters is 1. The third-order valence-corrected chi connectivity index (χ3v) is 5.79. The molecule has 3 rings (SSSR count). The van der Waals surface area contributed by atoms with Gasteiger partial charge in [-0.2, -0.15) is 0 Å². The van der Waals surface area contributed by atoms with Crippen LogP contribution in [0.25, 0.3) is 0 Å². The summed E-state index contributed by atoms with van der Waals surface area (Å²) in [5.74, 6) is -0.441. The van der Waals surface area contributed by atoms with E-state index in [0.29, 0.717) is 54.3 Å². The lowest BCUT2D eigenvalue weighted by atomic mass is 10.0. The van der Waals surface area contributed by atoms with Crippen LogP contribution >= 0.6 is 0 Å². The molecule has 0 radical (unpaired) electrons. The zero-order valence-corrected chi connectivity index (χ0v) is 17.4. The van der Waals surface area contributed by atoms with Crippen molar-refractivity contribution in [1.29, 1.82) is 0 Å². The van der Waals surface area contributed by atoms with Gasteiger partial charge in [0.2, 0.25) is 5.78 Å². The fourth-order valence-electron chi connectivity index (χ4n) is 4.00. The number of carbonyl (C=O) groups is 3. The molecule has 2 aromatic rings. The van der Waals surface area contributed by atoms with E-state index >= 15 is 0 Å². The van der Waals surface area contributed by atoms with Crippen molar-refractivity contribution in [1.82, 2.24) is 9.88 Å². The van der Waals surface area contributed by atoms with E-state index in [4.69, 9.17) is 4.74 Å². The number of carbonyl (C=O) groups excluding carboxylic acids is 3. The largest absolute Gasteiger partial charge is 0.465 e. The summed E-state index contributed by atoms with van der Waals surface area (Å²) in [5, 5.41) is 0. The van der Waals surface area contributed by atoms with Gasteiger partial charge in [-0.15, -0.1) is 0 Å². The van der Waals surface area contributed by atoms with Crippen LogP contribution in [0.1, 0.15) is 49.4 Å². The van der Waals surface area contributed by atoms with Crippen LogP contribution in [0, 0.1) is 13.8 Å². The Morgan fingerprint density at radius 2 is 1.72 bits per heavy atom. The van der Waals surface area contributed by atoms with Gasteiger partial charge in [-0.05, 0) is 38.5 Å². The normalized spacial score (nSPS) is 15.8. The third kappa shape index (κ3) is 4.10. The number of H-pyrrole nitrogens is 1. The molecule has 0 spiro atoms. The second-order valence-corrected chi connectivity index (χ2v) is 7.52. The van der Waals surface area contributed by atoms with Crippen LogP contribution in [0.3, 0.4) is 0 Å². The number of ether oxygens (including phenoxy) is 1. The summed E-state index contributed by atoms with van der Waals surface area (Å²) in [5.41, 5.74) is 2.84. The number of rotatable bonds is 5. The first kappa shape index (κ1) is 20.8. The number of amides is 1. The zero-order chi connectivity index (χ0) is 21.1. The fourth-order valence-corrected chi connectivity index (χ4v) is 4.00. The Kier molecular flexibility index (Phi) is 6.17. The lowest BCUT2D eigenvalue weighted by Gasteiger charge is -2.34. The number of aromatic amines is 1. The summed E-state index contributed by atoms with van der Waals surface area (Å²) in [6.07, 6.45) is 0. The van der Waals surface area contributed by atoms with E-state index in [0.717, 1.165) is 4.90 Å². The molecule has 29 heavy (non-hydrogen) atoms. The molecule has 1 amide bonds. The van der Waals surface area contributed by atoms with Crippen molar-refractivity contribution in [2.45, 2.75) is 26.8 Å². The van der Waals surface area contributed by atoms with E-state index < -0.39 is 5.97 Å². The molecule has 1 aromatic carbocycles. The SMILES string of the molecule is COC(=O)c1c(C)[nH]c(C(=O)[C@H](C)[NH+]2CCN(C(=O)c3ccccc3)CC2)c1C. The van der Waals surface area contributed by atoms with Crippen molar-refractivity contribution in [2.75, 3.05) is 33.3 Å². The molecular formula is C22H28N3O4+. The monoisotopic (exact) mass is 398 g/mol. The highest BCUT2D eigenvalue weighted by Gasteiger charge is 2.34. The first-order valence-electron chi connectivity index (χ1n) is 9.85. The summed E-state index contributed by atoms with van der Waals surface area (Å²) >= 11 is 0. The number of hydrogen-bond acceptors (Lipinski definition) is 4. The highest BCUT2D eigenvalue weighted by molar-refractivity contribution is 6.03. The first-order chi connectivity index (χ1) is 13.8. The number of methoxy groups -OCH3 is 1. The Morgan fingerprint density at radius 3 is 2.31 bits per heavy atom. The second kappa shape index (κ2) is 8.61. The lowest BCUT2D eigenvalue weighted by Crippen LogP contribution is -3.18. The van der Waals surface area contributed by atoms with Gasteiger partial charge in [0.1, 0.15) is 0 Å². The number of hydrogen-bond donors (Lipinski definition) is 2. The molecule has 1 saturated heterocycles. The molecule has 1 atom stereocenters. The van der Waals surface area contributed by atoms with Crippen molar-refractivity contribution in [3.63, 3.8) is 0 Å². The van der Waals surface area contributed by atoms with Gasteiger partial charge in [-0.3, -0.25) is 9.59 Å². The van der Waals surface area contributed by atoms with Crippen LogP contribution < -0.4 is 4.90 Å². The van der Waals surface area contributed by atoms with Crippen molar-refractivity contribution >= 4 is 17.7 Å². The van der Waals surface area contributed by atoms with Crippen LogP contribution in [0.5, 0.6) is 0 Å². The van der Waals surface area contributed by atoms with E-state index in [1.165, 1.54) is 7.11 Å². The highest BCUT2D eigenvalue weighted by atomic mass is 16.5. The summed E-state index contributed by atoms with van der Waals surface area (Å²) in [7, 11) is 1.33. The Bertz CT molecular complexity index is 912. The smallest absolute Gasteiger partial charge is 0.339 e. The van der Waals surface area contributed by atoms with Gasteiger partial charge >= 0.3 is 5.97 Å². The molecule has 1 aliphatic rings. The standard InChI is InChI=1S/C22H27N3O4/c1-14-18(22(28)29-4)15(2)23-19(14)20(26)16(3)24-10-12-25(13-11-24)21(27)17-8-6-5-7-9-17/h5-9,16,23H,10-13H2,1-4H3/p+1/t16-/m0/s1. The number of ketones is 1. The number of aromatic nitrogens is 1. The highest BCUT2D eigenvalue weighted by Crippen LogP contribution is 2.20. The van der Waals surface area contributed by atoms with E-state index in [1.54, 1.807) is 13.8 Å². The van der Waals surface area contributed by atoms with Gasteiger partial charge in [0.25, 0.3) is 5.91 Å². The van der Waals surface area contributed by atoms with Crippen molar-refractivity contribution in [3.8, 4) is 0 Å². The lowest BCUT2D eigenvalue weighted by molar-refractivity contribution is -0.917. The van der Waals surface area contributed by atoms with Crippen molar-refractivity contribution in [3.05, 3.63) is 58.4 Å². The maximum absolute atomic E-state index is 13.1. The summed E-state index contributed by atoms with van der Waals surface area (Å²) in [4.78, 5) is 43.7. The van der Waals surface area contributed by atoms with Crippen molar-refractivity contribution in [2.24, 2.45) is 0 Å². The summed E-state index contributed by atoms with van der Waals surface area (Å²) < 4.78 is 4.83. The summed E-state index contributed by atoms with van der Waals surface area (Å²) in [6.45, 7) is 8.05. The van der Waals surface area contributed by atoms with Crippen LogP contribution in [0.4, 0.5) is 0 Å². The molecule has 0 bridgehead atoms. The minimum atomic E-state index is -0.441. The third-order valence-electron chi connectivity index (χ3n) is 5.79. The van der Waals surface area contributed by atoms with Gasteiger partial charge in [-0.1, -0.05) is 18.2 Å². The van der Waals surface area contributed by atoms with E-state index in [1.807, 2.05) is 42.2 Å². The van der Waals surface area contributed by atoms with Crippen LogP contribution in [0.2, 0.25) is 0 Å². The molecular weight excluding hydrogens is 370 g/mol. The molecule has 154 valence electrons. The number of aryl methyl sites for hydroxylation is 1. The molecule has 2 heterocycles. The maximum Gasteiger partial charge on any atom is 0.339 e. The van der Waals surface area contributed by atoms with Crippen LogP contribution in [0.15, 0.2) is 30.3 Å². The Balaban J connectivity index is 1.67. The maximum atomic E-state index is 13.1. The number of Topliss-reactive ketones (excluding diaryl/α,β-unsaturated/α-hetero) is 1. The molecule has 0 aliphatic carbocycles. The van der Waals surface area contributed by atoms with Crippen LogP contribution in [-0.2, 0) is 4.74 Å². The minimum absolute atomic E-state index is 0.0291. The molecule has 1 aromatic heterocycles. The van der Waals surface area contributed by atoms with Gasteiger partial charge < -0.3 is 19.5 Å². The molecule has 1 fully saturated rings. The predicted octanol–water partition coefficient (Wildman–Crippen LogP) is 1.03. The van der Waals surface area contributed by atoms with E-state index in [-0.39, 0.29) is 17.7 Å². The number of nitrogens with zero attached hydrogens (tertiary/aromatic N) is 1. The average Bonchev–Trinajstić information content (AvgIpc) is 3.06. The number of piperazine rings is 1. The molecule has 0 unspecified atom stereocenters. The first-order valence-corrected chi connectivity index (χ1v) is 9.85. The van der Waals surface area contributed by atoms with Gasteiger partial charge in [0.05, 0.1) is 44.5 Å². The van der Waals surface area contributed by atoms with Gasteiger partial charge in [0, 0.05) is 11.3 Å². The van der Waals surface area contributed by atoms with Gasteiger partial charge in [-0.25, -0.2) is 4.79 Å². The number of benzene rings is 1. The fraction of sp³-hybridized carbons (Fsp3) is 0.409. The van der Waals surface area contributed by atoms with E-state index in [9.17, 15) is 14.4 Å². The number of nitrogens with one attached hydrogen (secondary N) is 2. The second-order valence-electron chi connectivity index (χ2n) is 7.52. The quantitative estimate of drug-likeness (QED) is 0.582. The molecule has 7 nitrogen and oxygen atoms in total. The van der Waals surface area contributed by atoms with Crippen LogP contribution in [-0.4, -0.2) is 66.9 Å². The Hall–Kier alpha value is -2.93. The van der Waals surface area contributed by atoms with Gasteiger partial charge in [0.15, 0.2) is 6.04 Å². The topological polar surface area (TPSA) is 83.9 Å². The Morgan fingerprint density at radius 1 is 1.10 bits per heavy atom. The average molecular weight is 398 g/mol. The zero-order valence-electron chi connectivity index (χ0n) is 17.4. The molecule has 1 aliphatic heterocycles. The summed E-state index contributed by atoms with van der Waals surface area (Å²) in [6, 6.07) is 8.98. The molecule has 7 heteroatoms.